The van der Waals surface area contributed by atoms with Crippen LogP contribution < -0.4 is 10.7 Å². The Bertz CT molecular complexity index is 1040. The molecule has 6 nitrogen and oxygen atoms in total. The van der Waals surface area contributed by atoms with Crippen LogP contribution in [0, 0.1) is 0 Å². The smallest absolute Gasteiger partial charge is 0.251 e. The Balaban J connectivity index is 1.66. The van der Waals surface area contributed by atoms with Gasteiger partial charge < -0.3 is 10.4 Å². The lowest BCUT2D eigenvalue weighted by atomic mass is 10.0. The van der Waals surface area contributed by atoms with Crippen LogP contribution in [-0.4, -0.2) is 23.1 Å². The van der Waals surface area contributed by atoms with Crippen LogP contribution in [0.3, 0.4) is 0 Å². The van der Waals surface area contributed by atoms with Crippen molar-refractivity contribution in [3.05, 3.63) is 100 Å². The molecule has 0 bridgehead atoms. The lowest BCUT2D eigenvalue weighted by molar-refractivity contribution is -0.121. The molecule has 0 aliphatic carbocycles. The molecule has 0 saturated heterocycles. The number of hydrazone groups is 1. The van der Waals surface area contributed by atoms with Crippen molar-refractivity contribution in [2.75, 3.05) is 0 Å². The van der Waals surface area contributed by atoms with Gasteiger partial charge in [-0.1, -0.05) is 48.5 Å². The average molecular weight is 466 g/mol. The molecule has 0 aliphatic heterocycles. The molecular weight excluding hydrogens is 446 g/mol. The highest BCUT2D eigenvalue weighted by atomic mass is 79.9. The van der Waals surface area contributed by atoms with Gasteiger partial charge in [-0.2, -0.15) is 5.10 Å². The molecule has 7 heteroatoms. The van der Waals surface area contributed by atoms with E-state index in [1.165, 1.54) is 12.3 Å². The van der Waals surface area contributed by atoms with Gasteiger partial charge in [0.1, 0.15) is 5.75 Å². The van der Waals surface area contributed by atoms with Crippen LogP contribution in [0.25, 0.3) is 0 Å². The Labute approximate surface area is 182 Å². The van der Waals surface area contributed by atoms with Crippen molar-refractivity contribution in [3.8, 4) is 5.75 Å². The largest absolute Gasteiger partial charge is 0.507 e. The number of carbonyl (C=O) groups excluding carboxylic acids is 2. The number of halogens is 1. The monoisotopic (exact) mass is 465 g/mol. The standard InChI is InChI=1S/C23H20BrN3O3/c24-19-13-16(11-12-21(19)28)15-25-27-22(29)14-20(17-7-3-1-4-8-17)26-23(30)18-9-5-2-6-10-18/h1-13,15,20,28H,14H2,(H,26,30)(H,27,29)/b25-15-/t20-/m0/s1. The number of rotatable bonds is 7. The zero-order chi connectivity index (χ0) is 21.3. The fourth-order valence-electron chi connectivity index (χ4n) is 2.78. The molecule has 3 aromatic rings. The minimum absolute atomic E-state index is 0.0270. The van der Waals surface area contributed by atoms with E-state index < -0.39 is 6.04 Å². The molecular formula is C23H20BrN3O3. The molecule has 3 N–H and O–H groups in total. The number of phenols is 1. The zero-order valence-electron chi connectivity index (χ0n) is 16.0. The Kier molecular flexibility index (Phi) is 7.34. The summed E-state index contributed by atoms with van der Waals surface area (Å²) in [5.41, 5.74) is 4.53. The third-order valence-corrected chi connectivity index (χ3v) is 4.94. The van der Waals surface area contributed by atoms with Crippen molar-refractivity contribution < 1.29 is 14.7 Å². The molecule has 0 fully saturated rings. The minimum atomic E-state index is -0.503. The number of nitrogens with zero attached hydrogens (tertiary/aromatic N) is 1. The van der Waals surface area contributed by atoms with Crippen LogP contribution in [-0.2, 0) is 4.79 Å². The van der Waals surface area contributed by atoms with Gasteiger partial charge in [-0.15, -0.1) is 0 Å². The highest BCUT2D eigenvalue weighted by molar-refractivity contribution is 9.10. The van der Waals surface area contributed by atoms with Gasteiger partial charge in [0.05, 0.1) is 23.1 Å². The van der Waals surface area contributed by atoms with Gasteiger partial charge in [-0.25, -0.2) is 5.43 Å². The minimum Gasteiger partial charge on any atom is -0.507 e. The van der Waals surface area contributed by atoms with Gasteiger partial charge in [0.25, 0.3) is 5.91 Å². The maximum absolute atomic E-state index is 12.6. The maximum Gasteiger partial charge on any atom is 0.251 e. The molecule has 0 saturated carbocycles. The second-order valence-corrected chi connectivity index (χ2v) is 7.37. The Morgan fingerprint density at radius 1 is 1.00 bits per heavy atom. The zero-order valence-corrected chi connectivity index (χ0v) is 17.5. The highest BCUT2D eigenvalue weighted by Crippen LogP contribution is 2.23. The van der Waals surface area contributed by atoms with Gasteiger partial charge in [-0.3, -0.25) is 9.59 Å². The summed E-state index contributed by atoms with van der Waals surface area (Å²) in [5.74, 6) is -0.475. The van der Waals surface area contributed by atoms with Crippen molar-refractivity contribution in [1.29, 1.82) is 0 Å². The van der Waals surface area contributed by atoms with Gasteiger partial charge >= 0.3 is 0 Å². The van der Waals surface area contributed by atoms with Crippen LogP contribution in [0.2, 0.25) is 0 Å². The second-order valence-electron chi connectivity index (χ2n) is 6.51. The third-order valence-electron chi connectivity index (χ3n) is 4.31. The van der Waals surface area contributed by atoms with Gasteiger partial charge in [0, 0.05) is 5.56 Å². The van der Waals surface area contributed by atoms with E-state index in [1.807, 2.05) is 36.4 Å². The number of hydrogen-bond donors (Lipinski definition) is 3. The molecule has 1 atom stereocenters. The fraction of sp³-hybridized carbons (Fsp3) is 0.0870. The van der Waals surface area contributed by atoms with Crippen molar-refractivity contribution in [2.45, 2.75) is 12.5 Å². The predicted octanol–water partition coefficient (Wildman–Crippen LogP) is 4.17. The van der Waals surface area contributed by atoms with E-state index in [0.717, 1.165) is 5.56 Å². The number of nitrogens with one attached hydrogen (secondary N) is 2. The van der Waals surface area contributed by atoms with Crippen LogP contribution in [0.4, 0.5) is 0 Å². The van der Waals surface area contributed by atoms with Crippen LogP contribution in [0.1, 0.15) is 33.9 Å². The normalized spacial score (nSPS) is 11.8. The first kappa shape index (κ1) is 21.3. The SMILES string of the molecule is O=C(C[C@H](NC(=O)c1ccccc1)c1ccccc1)N/N=C\c1ccc(O)c(Br)c1. The van der Waals surface area contributed by atoms with Crippen molar-refractivity contribution in [3.63, 3.8) is 0 Å². The maximum atomic E-state index is 12.6. The molecule has 0 aliphatic rings. The summed E-state index contributed by atoms with van der Waals surface area (Å²) < 4.78 is 0.533. The quantitative estimate of drug-likeness (QED) is 0.361. The molecule has 3 aromatic carbocycles. The summed E-state index contributed by atoms with van der Waals surface area (Å²) in [4.78, 5) is 25.0. The molecule has 3 rings (SSSR count). The summed E-state index contributed by atoms with van der Waals surface area (Å²) in [6.07, 6.45) is 1.50. The number of amides is 2. The summed E-state index contributed by atoms with van der Waals surface area (Å²) in [6.45, 7) is 0. The van der Waals surface area contributed by atoms with Gasteiger partial charge in [0.15, 0.2) is 0 Å². The van der Waals surface area contributed by atoms with E-state index in [2.05, 4.69) is 31.8 Å². The molecule has 0 heterocycles. The van der Waals surface area contributed by atoms with Crippen LogP contribution >= 0.6 is 15.9 Å². The summed E-state index contributed by atoms with van der Waals surface area (Å²) in [6, 6.07) is 22.5. The van der Waals surface area contributed by atoms with Gasteiger partial charge in [0.2, 0.25) is 5.91 Å². The van der Waals surface area contributed by atoms with E-state index in [1.54, 1.807) is 36.4 Å². The van der Waals surface area contributed by atoms with Crippen molar-refractivity contribution in [2.24, 2.45) is 5.10 Å². The Morgan fingerprint density at radius 2 is 1.67 bits per heavy atom. The highest BCUT2D eigenvalue weighted by Gasteiger charge is 2.19. The first-order chi connectivity index (χ1) is 14.5. The topological polar surface area (TPSA) is 90.8 Å². The molecule has 30 heavy (non-hydrogen) atoms. The van der Waals surface area contributed by atoms with Crippen LogP contribution in [0.5, 0.6) is 5.75 Å². The molecule has 0 aromatic heterocycles. The van der Waals surface area contributed by atoms with Crippen molar-refractivity contribution >= 4 is 34.0 Å². The Hall–Kier alpha value is -3.45. The average Bonchev–Trinajstić information content (AvgIpc) is 2.77. The number of carbonyl (C=O) groups is 2. The summed E-state index contributed by atoms with van der Waals surface area (Å²) in [7, 11) is 0. The first-order valence-electron chi connectivity index (χ1n) is 9.24. The molecule has 0 unspecified atom stereocenters. The molecule has 2 amide bonds. The number of aromatic hydroxyl groups is 1. The van der Waals surface area contributed by atoms with E-state index >= 15 is 0 Å². The van der Waals surface area contributed by atoms with E-state index in [0.29, 0.717) is 15.6 Å². The first-order valence-corrected chi connectivity index (χ1v) is 10.0. The number of benzene rings is 3. The lowest BCUT2D eigenvalue weighted by Gasteiger charge is -2.18. The summed E-state index contributed by atoms with van der Waals surface area (Å²) in [5, 5.41) is 16.4. The van der Waals surface area contributed by atoms with Gasteiger partial charge in [-0.05, 0) is 57.4 Å². The second kappa shape index (κ2) is 10.4. The molecule has 152 valence electrons. The molecule has 0 spiro atoms. The summed E-state index contributed by atoms with van der Waals surface area (Å²) >= 11 is 3.23. The lowest BCUT2D eigenvalue weighted by Crippen LogP contribution is -2.32. The van der Waals surface area contributed by atoms with E-state index in [9.17, 15) is 14.7 Å². The van der Waals surface area contributed by atoms with E-state index in [4.69, 9.17) is 0 Å². The third kappa shape index (κ3) is 6.02. The Morgan fingerprint density at radius 3 is 2.33 bits per heavy atom. The van der Waals surface area contributed by atoms with Crippen molar-refractivity contribution in [1.82, 2.24) is 10.7 Å². The number of hydrogen-bond acceptors (Lipinski definition) is 4. The van der Waals surface area contributed by atoms with Crippen LogP contribution in [0.15, 0.2) is 88.4 Å². The van der Waals surface area contributed by atoms with E-state index in [-0.39, 0.29) is 24.0 Å². The molecule has 0 radical (unpaired) electrons. The fourth-order valence-corrected chi connectivity index (χ4v) is 3.18. The predicted molar refractivity (Wildman–Crippen MR) is 119 cm³/mol. The number of phenolic OH excluding ortho intramolecular Hbond substituents is 1.